The van der Waals surface area contributed by atoms with Crippen LogP contribution in [0.1, 0.15) is 16.1 Å². The zero-order chi connectivity index (χ0) is 17.9. The third kappa shape index (κ3) is 3.25. The fraction of sp³-hybridized carbons (Fsp3) is 0.100. The Labute approximate surface area is 159 Å². The number of para-hydroxylation sites is 1. The third-order valence-corrected chi connectivity index (χ3v) is 5.79. The maximum Gasteiger partial charge on any atom is 0.260 e. The fourth-order valence-corrected chi connectivity index (χ4v) is 4.33. The minimum absolute atomic E-state index is 0.0910. The number of fused-ring (bicyclic) bond motifs is 1. The van der Waals surface area contributed by atoms with Crippen LogP contribution in [-0.4, -0.2) is 17.1 Å². The van der Waals surface area contributed by atoms with E-state index in [0.29, 0.717) is 17.2 Å². The Morgan fingerprint density at radius 1 is 1.12 bits per heavy atom. The first-order chi connectivity index (χ1) is 12.8. The molecule has 6 heteroatoms. The maximum atomic E-state index is 13.1. The minimum Gasteiger partial charge on any atom is -0.467 e. The van der Waals surface area contributed by atoms with E-state index < -0.39 is 0 Å². The number of furan rings is 1. The van der Waals surface area contributed by atoms with Crippen LogP contribution in [0.15, 0.2) is 76.2 Å². The molecule has 0 saturated carbocycles. The van der Waals surface area contributed by atoms with Gasteiger partial charge in [-0.1, -0.05) is 35.6 Å². The summed E-state index contributed by atoms with van der Waals surface area (Å²) in [6, 6.07) is 19.1. The summed E-state index contributed by atoms with van der Waals surface area (Å²) in [5.74, 6) is 0.630. The summed E-state index contributed by atoms with van der Waals surface area (Å²) in [7, 11) is 0. The summed E-state index contributed by atoms with van der Waals surface area (Å²) in [5, 5.41) is 0.673. The summed E-state index contributed by atoms with van der Waals surface area (Å²) in [6.45, 7) is 0.342. The maximum absolute atomic E-state index is 13.1. The molecule has 0 N–H and O–H groups in total. The van der Waals surface area contributed by atoms with Crippen molar-refractivity contribution in [3.05, 3.63) is 78.3 Å². The van der Waals surface area contributed by atoms with Gasteiger partial charge in [-0.2, -0.15) is 0 Å². The quantitative estimate of drug-likeness (QED) is 0.431. The molecule has 0 spiro atoms. The van der Waals surface area contributed by atoms with Crippen LogP contribution < -0.4 is 4.90 Å². The van der Waals surface area contributed by atoms with Crippen LogP contribution in [-0.2, 0) is 6.54 Å². The summed E-state index contributed by atoms with van der Waals surface area (Å²) >= 11 is 3.17. The van der Waals surface area contributed by atoms with Crippen LogP contribution in [0.25, 0.3) is 10.2 Å². The SMILES string of the molecule is CSc1cccc2sc(N(Cc3ccco3)C(=O)c3ccccc3)nc12. The van der Waals surface area contributed by atoms with Crippen molar-refractivity contribution in [2.45, 2.75) is 11.4 Å². The number of rotatable bonds is 5. The van der Waals surface area contributed by atoms with Crippen molar-refractivity contribution in [2.75, 3.05) is 11.2 Å². The molecule has 0 aliphatic rings. The van der Waals surface area contributed by atoms with Crippen molar-refractivity contribution in [3.63, 3.8) is 0 Å². The summed E-state index contributed by atoms with van der Waals surface area (Å²) < 4.78 is 6.54. The Balaban J connectivity index is 1.78. The molecule has 2 aromatic carbocycles. The molecule has 4 rings (SSSR count). The predicted octanol–water partition coefficient (Wildman–Crippen LogP) is 5.46. The van der Waals surface area contributed by atoms with E-state index in [1.54, 1.807) is 22.9 Å². The van der Waals surface area contributed by atoms with E-state index in [1.165, 1.54) is 11.3 Å². The number of anilines is 1. The van der Waals surface area contributed by atoms with E-state index in [4.69, 9.17) is 9.40 Å². The van der Waals surface area contributed by atoms with Crippen LogP contribution >= 0.6 is 23.1 Å². The molecule has 0 atom stereocenters. The van der Waals surface area contributed by atoms with Crippen LogP contribution in [0, 0.1) is 0 Å². The van der Waals surface area contributed by atoms with E-state index in [1.807, 2.05) is 66.9 Å². The van der Waals surface area contributed by atoms with Crippen LogP contribution in [0.3, 0.4) is 0 Å². The number of aromatic nitrogens is 1. The Morgan fingerprint density at radius 2 is 1.96 bits per heavy atom. The molecule has 0 aliphatic carbocycles. The minimum atomic E-state index is -0.0910. The third-order valence-electron chi connectivity index (χ3n) is 3.98. The van der Waals surface area contributed by atoms with Crippen molar-refractivity contribution in [2.24, 2.45) is 0 Å². The smallest absolute Gasteiger partial charge is 0.260 e. The van der Waals surface area contributed by atoms with Crippen molar-refractivity contribution in [1.29, 1.82) is 0 Å². The fourth-order valence-electron chi connectivity index (χ4n) is 2.71. The lowest BCUT2D eigenvalue weighted by atomic mass is 10.2. The van der Waals surface area contributed by atoms with E-state index in [2.05, 4.69) is 0 Å². The summed E-state index contributed by atoms with van der Waals surface area (Å²) in [6.07, 6.45) is 3.65. The normalized spacial score (nSPS) is 11.0. The molecule has 0 radical (unpaired) electrons. The van der Waals surface area contributed by atoms with Crippen molar-refractivity contribution < 1.29 is 9.21 Å². The lowest BCUT2D eigenvalue weighted by Gasteiger charge is -2.18. The average molecular weight is 380 g/mol. The summed E-state index contributed by atoms with van der Waals surface area (Å²) in [5.41, 5.74) is 1.56. The number of nitrogens with zero attached hydrogens (tertiary/aromatic N) is 2. The first-order valence-electron chi connectivity index (χ1n) is 8.09. The van der Waals surface area contributed by atoms with Gasteiger partial charge in [0.2, 0.25) is 0 Å². The van der Waals surface area contributed by atoms with Crippen LogP contribution in [0.4, 0.5) is 5.13 Å². The Hall–Kier alpha value is -2.57. The van der Waals surface area contributed by atoms with Crippen molar-refractivity contribution >= 4 is 44.4 Å². The van der Waals surface area contributed by atoms with E-state index >= 15 is 0 Å². The Bertz CT molecular complexity index is 1030. The molecular formula is C20H16N2O2S2. The van der Waals surface area contributed by atoms with Gasteiger partial charge in [0.1, 0.15) is 5.76 Å². The van der Waals surface area contributed by atoms with Crippen LogP contribution in [0.2, 0.25) is 0 Å². The molecular weight excluding hydrogens is 364 g/mol. The number of hydrogen-bond donors (Lipinski definition) is 0. The van der Waals surface area contributed by atoms with Gasteiger partial charge in [0, 0.05) is 10.5 Å². The largest absolute Gasteiger partial charge is 0.467 e. The molecule has 2 aromatic heterocycles. The number of amides is 1. The van der Waals surface area contributed by atoms with E-state index in [-0.39, 0.29) is 5.91 Å². The monoisotopic (exact) mass is 380 g/mol. The highest BCUT2D eigenvalue weighted by molar-refractivity contribution is 7.98. The van der Waals surface area contributed by atoms with Gasteiger partial charge in [-0.25, -0.2) is 4.98 Å². The van der Waals surface area contributed by atoms with Gasteiger partial charge in [-0.3, -0.25) is 9.69 Å². The van der Waals surface area contributed by atoms with Gasteiger partial charge in [-0.05, 0) is 42.7 Å². The number of thiazole rings is 1. The summed E-state index contributed by atoms with van der Waals surface area (Å²) in [4.78, 5) is 20.7. The molecule has 1 amide bonds. The Kier molecular flexibility index (Phi) is 4.77. The highest BCUT2D eigenvalue weighted by Crippen LogP contribution is 2.35. The molecule has 4 aromatic rings. The van der Waals surface area contributed by atoms with Gasteiger partial charge in [0.05, 0.1) is 23.0 Å². The second-order valence-electron chi connectivity index (χ2n) is 5.64. The lowest BCUT2D eigenvalue weighted by Crippen LogP contribution is -2.30. The van der Waals surface area contributed by atoms with E-state index in [9.17, 15) is 4.79 Å². The first-order valence-corrected chi connectivity index (χ1v) is 10.1. The highest BCUT2D eigenvalue weighted by atomic mass is 32.2. The molecule has 0 bridgehead atoms. The second kappa shape index (κ2) is 7.35. The molecule has 26 heavy (non-hydrogen) atoms. The lowest BCUT2D eigenvalue weighted by molar-refractivity contribution is 0.0983. The van der Waals surface area contributed by atoms with E-state index in [0.717, 1.165) is 20.9 Å². The number of carbonyl (C=O) groups excluding carboxylic acids is 1. The standard InChI is InChI=1S/C20H16N2O2S2/c1-25-16-10-5-11-17-18(16)21-20(26-17)22(13-15-9-6-12-24-15)19(23)14-7-3-2-4-8-14/h2-12H,13H2,1H3. The molecule has 0 saturated heterocycles. The van der Waals surface area contributed by atoms with Gasteiger partial charge < -0.3 is 4.42 Å². The molecule has 0 aliphatic heterocycles. The first kappa shape index (κ1) is 16.9. The number of thioether (sulfide) groups is 1. The zero-order valence-electron chi connectivity index (χ0n) is 14.1. The average Bonchev–Trinajstić information content (AvgIpc) is 3.35. The predicted molar refractivity (Wildman–Crippen MR) is 107 cm³/mol. The van der Waals surface area contributed by atoms with Gasteiger partial charge in [0.15, 0.2) is 5.13 Å². The molecule has 4 nitrogen and oxygen atoms in total. The van der Waals surface area contributed by atoms with Crippen molar-refractivity contribution in [3.8, 4) is 0 Å². The zero-order valence-corrected chi connectivity index (χ0v) is 15.7. The molecule has 0 unspecified atom stereocenters. The Morgan fingerprint density at radius 3 is 2.69 bits per heavy atom. The highest BCUT2D eigenvalue weighted by Gasteiger charge is 2.23. The van der Waals surface area contributed by atoms with Crippen LogP contribution in [0.5, 0.6) is 0 Å². The van der Waals surface area contributed by atoms with Gasteiger partial charge >= 0.3 is 0 Å². The molecule has 2 heterocycles. The number of hydrogen-bond acceptors (Lipinski definition) is 5. The number of carbonyl (C=O) groups is 1. The topological polar surface area (TPSA) is 46.3 Å². The molecule has 0 fully saturated rings. The van der Waals surface area contributed by atoms with Gasteiger partial charge in [0.25, 0.3) is 5.91 Å². The number of benzene rings is 2. The molecule has 130 valence electrons. The van der Waals surface area contributed by atoms with Gasteiger partial charge in [-0.15, -0.1) is 11.8 Å². The van der Waals surface area contributed by atoms with Crippen molar-refractivity contribution in [1.82, 2.24) is 4.98 Å². The second-order valence-corrected chi connectivity index (χ2v) is 7.50.